The number of hydrogen-bond acceptors (Lipinski definition) is 5. The summed E-state index contributed by atoms with van der Waals surface area (Å²) in [7, 11) is 0. The molecular formula is C25H26N6O. The Bertz CT molecular complexity index is 1340. The van der Waals surface area contributed by atoms with E-state index in [2.05, 4.69) is 59.9 Å². The van der Waals surface area contributed by atoms with Gasteiger partial charge in [0.25, 0.3) is 5.91 Å². The molecule has 4 aromatic rings. The van der Waals surface area contributed by atoms with Gasteiger partial charge in [-0.3, -0.25) is 4.79 Å². The molecule has 3 N–H and O–H groups in total. The summed E-state index contributed by atoms with van der Waals surface area (Å²) >= 11 is 0. The summed E-state index contributed by atoms with van der Waals surface area (Å²) in [4.78, 5) is 22.2. The van der Waals surface area contributed by atoms with Gasteiger partial charge in [0.05, 0.1) is 17.2 Å². The first-order valence-electron chi connectivity index (χ1n) is 10.4. The lowest BCUT2D eigenvalue weighted by molar-refractivity contribution is 0.0960. The molecule has 0 saturated heterocycles. The van der Waals surface area contributed by atoms with Gasteiger partial charge in [-0.1, -0.05) is 63.2 Å². The second kappa shape index (κ2) is 8.26. The number of nitrogens with one attached hydrogen (secondary N) is 1. The number of amides is 1. The predicted molar refractivity (Wildman–Crippen MR) is 130 cm³/mol. The van der Waals surface area contributed by atoms with Crippen molar-refractivity contribution in [2.45, 2.75) is 26.2 Å². The fourth-order valence-electron chi connectivity index (χ4n) is 3.44. The van der Waals surface area contributed by atoms with Gasteiger partial charge in [0, 0.05) is 6.54 Å². The predicted octanol–water partition coefficient (Wildman–Crippen LogP) is 4.26. The van der Waals surface area contributed by atoms with Gasteiger partial charge in [-0.15, -0.1) is 6.58 Å². The van der Waals surface area contributed by atoms with E-state index < -0.39 is 0 Å². The molecule has 4 rings (SSSR count). The van der Waals surface area contributed by atoms with E-state index in [9.17, 15) is 4.79 Å². The van der Waals surface area contributed by atoms with Crippen molar-refractivity contribution < 1.29 is 4.79 Å². The molecule has 2 heterocycles. The van der Waals surface area contributed by atoms with Crippen molar-refractivity contribution in [2.24, 2.45) is 5.10 Å². The molecule has 162 valence electrons. The number of nitrogen functional groups attached to an aromatic ring is 1. The average molecular weight is 427 g/mol. The van der Waals surface area contributed by atoms with Crippen LogP contribution < -0.4 is 11.1 Å². The first kappa shape index (κ1) is 21.2. The van der Waals surface area contributed by atoms with E-state index in [0.717, 1.165) is 5.56 Å². The monoisotopic (exact) mass is 426 g/mol. The molecule has 7 heteroatoms. The number of para-hydroxylation sites is 2. The Morgan fingerprint density at radius 1 is 1.12 bits per heavy atom. The Morgan fingerprint density at radius 3 is 2.41 bits per heavy atom. The van der Waals surface area contributed by atoms with Crippen molar-refractivity contribution in [3.05, 3.63) is 77.9 Å². The lowest BCUT2D eigenvalue weighted by Crippen LogP contribution is -2.24. The van der Waals surface area contributed by atoms with E-state index in [4.69, 9.17) is 5.73 Å². The molecule has 0 unspecified atom stereocenters. The van der Waals surface area contributed by atoms with Gasteiger partial charge in [0.2, 0.25) is 0 Å². The molecule has 2 aromatic heterocycles. The maximum atomic E-state index is 12.8. The van der Waals surface area contributed by atoms with Crippen LogP contribution in [0.3, 0.4) is 0 Å². The summed E-state index contributed by atoms with van der Waals surface area (Å²) in [5.74, 6) is -0.167. The maximum Gasteiger partial charge on any atom is 0.257 e. The van der Waals surface area contributed by atoms with E-state index in [1.807, 2.05) is 36.4 Å². The lowest BCUT2D eigenvalue weighted by atomic mass is 9.87. The number of rotatable bonds is 5. The Labute approximate surface area is 186 Å². The highest BCUT2D eigenvalue weighted by Gasteiger charge is 2.23. The van der Waals surface area contributed by atoms with Crippen molar-refractivity contribution in [1.82, 2.24) is 20.0 Å². The summed E-state index contributed by atoms with van der Waals surface area (Å²) in [6, 6.07) is 15.6. The van der Waals surface area contributed by atoms with Gasteiger partial charge in [-0.2, -0.15) is 9.78 Å². The molecule has 0 aliphatic rings. The molecule has 7 nitrogen and oxygen atoms in total. The summed E-state index contributed by atoms with van der Waals surface area (Å²) in [6.45, 7) is 10.5. The van der Waals surface area contributed by atoms with Crippen molar-refractivity contribution in [3.63, 3.8) is 0 Å². The Balaban J connectivity index is 1.83. The summed E-state index contributed by atoms with van der Waals surface area (Å²) in [5.41, 5.74) is 11.0. The first-order chi connectivity index (χ1) is 15.3. The smallest absolute Gasteiger partial charge is 0.257 e. The number of carbonyl (C=O) groups is 1. The second-order valence-electron chi connectivity index (χ2n) is 8.57. The zero-order chi connectivity index (χ0) is 22.9. The van der Waals surface area contributed by atoms with Crippen molar-refractivity contribution in [1.29, 1.82) is 0 Å². The number of nitrogens with zero attached hydrogens (tertiary/aromatic N) is 4. The van der Waals surface area contributed by atoms with Gasteiger partial charge in [0.1, 0.15) is 16.9 Å². The molecule has 0 saturated carbocycles. The van der Waals surface area contributed by atoms with E-state index >= 15 is 0 Å². The Hall–Kier alpha value is -4.00. The SMILES string of the molecule is C=CCNC(=O)c1c(N)n(N=Cc2ccc(C(C)(C)C)cc2)c2nc3ccccc3nc12. The van der Waals surface area contributed by atoms with Crippen LogP contribution in [-0.2, 0) is 5.41 Å². The summed E-state index contributed by atoms with van der Waals surface area (Å²) in [5, 5.41) is 7.32. The van der Waals surface area contributed by atoms with Crippen LogP contribution in [0.5, 0.6) is 0 Å². The van der Waals surface area contributed by atoms with Crippen LogP contribution in [0.15, 0.2) is 66.3 Å². The normalized spacial score (nSPS) is 12.0. The zero-order valence-electron chi connectivity index (χ0n) is 18.5. The number of carbonyl (C=O) groups excluding carboxylic acids is 1. The summed E-state index contributed by atoms with van der Waals surface area (Å²) in [6.07, 6.45) is 3.30. The number of aromatic nitrogens is 3. The molecule has 0 fully saturated rings. The Kier molecular flexibility index (Phi) is 5.48. The van der Waals surface area contributed by atoms with Crippen LogP contribution in [-0.4, -0.2) is 33.3 Å². The molecule has 0 radical (unpaired) electrons. The third-order valence-electron chi connectivity index (χ3n) is 5.21. The number of fused-ring (bicyclic) bond motifs is 2. The minimum absolute atomic E-state index is 0.0705. The van der Waals surface area contributed by atoms with E-state index in [1.54, 1.807) is 12.3 Å². The minimum Gasteiger partial charge on any atom is -0.383 e. The molecule has 1 amide bonds. The third kappa shape index (κ3) is 3.97. The quantitative estimate of drug-likeness (QED) is 0.368. The first-order valence-corrected chi connectivity index (χ1v) is 10.4. The van der Waals surface area contributed by atoms with Crippen molar-refractivity contribution in [3.8, 4) is 0 Å². The second-order valence-corrected chi connectivity index (χ2v) is 8.57. The van der Waals surface area contributed by atoms with Crippen LogP contribution in [0.4, 0.5) is 5.82 Å². The molecular weight excluding hydrogens is 400 g/mol. The standard InChI is InChI=1S/C25H26N6O/c1-5-14-27-24(32)20-21-23(30-19-9-7-6-8-18(19)29-21)31(22(20)26)28-15-16-10-12-17(13-11-16)25(2,3)4/h5-13,15H,1,14,26H2,2-4H3,(H,27,32). The largest absolute Gasteiger partial charge is 0.383 e. The number of anilines is 1. The van der Waals surface area contributed by atoms with Gasteiger partial charge < -0.3 is 11.1 Å². The topological polar surface area (TPSA) is 98.2 Å². The van der Waals surface area contributed by atoms with E-state index in [-0.39, 0.29) is 22.7 Å². The molecule has 0 aliphatic heterocycles. The molecule has 0 atom stereocenters. The van der Waals surface area contributed by atoms with Crippen LogP contribution in [0.1, 0.15) is 42.3 Å². The number of benzene rings is 2. The molecule has 32 heavy (non-hydrogen) atoms. The van der Waals surface area contributed by atoms with Gasteiger partial charge >= 0.3 is 0 Å². The zero-order valence-corrected chi connectivity index (χ0v) is 18.5. The highest BCUT2D eigenvalue weighted by atomic mass is 16.1. The summed E-state index contributed by atoms with van der Waals surface area (Å²) < 4.78 is 1.47. The maximum absolute atomic E-state index is 12.8. The number of hydrogen-bond donors (Lipinski definition) is 2. The van der Waals surface area contributed by atoms with E-state index in [1.165, 1.54) is 10.2 Å². The average Bonchev–Trinajstić information content (AvgIpc) is 3.04. The molecule has 0 aliphatic carbocycles. The van der Waals surface area contributed by atoms with Crippen molar-refractivity contribution in [2.75, 3.05) is 12.3 Å². The Morgan fingerprint density at radius 2 is 1.78 bits per heavy atom. The fraction of sp³-hybridized carbons (Fsp3) is 0.200. The van der Waals surface area contributed by atoms with Crippen LogP contribution in [0.2, 0.25) is 0 Å². The lowest BCUT2D eigenvalue weighted by Gasteiger charge is -2.18. The molecule has 2 aromatic carbocycles. The van der Waals surface area contributed by atoms with Crippen molar-refractivity contribution >= 4 is 40.1 Å². The van der Waals surface area contributed by atoms with Crippen LogP contribution >= 0.6 is 0 Å². The molecule has 0 spiro atoms. The van der Waals surface area contributed by atoms with Gasteiger partial charge in [-0.25, -0.2) is 9.97 Å². The number of nitrogens with two attached hydrogens (primary N) is 1. The van der Waals surface area contributed by atoms with E-state index in [0.29, 0.717) is 28.7 Å². The fourth-order valence-corrected chi connectivity index (χ4v) is 3.44. The van der Waals surface area contributed by atoms with Crippen LogP contribution in [0, 0.1) is 0 Å². The highest BCUT2D eigenvalue weighted by molar-refractivity contribution is 6.10. The van der Waals surface area contributed by atoms with Gasteiger partial charge in [0.15, 0.2) is 5.65 Å². The molecule has 0 bridgehead atoms. The van der Waals surface area contributed by atoms with Crippen LogP contribution in [0.25, 0.3) is 22.2 Å². The highest BCUT2D eigenvalue weighted by Crippen LogP contribution is 2.28. The van der Waals surface area contributed by atoms with Gasteiger partial charge in [-0.05, 0) is 28.7 Å². The minimum atomic E-state index is -0.347. The third-order valence-corrected chi connectivity index (χ3v) is 5.21.